The average Bonchev–Trinajstić information content (AvgIpc) is 3.77. The summed E-state index contributed by atoms with van der Waals surface area (Å²) in [5, 5.41) is 31.8. The van der Waals surface area contributed by atoms with Gasteiger partial charge in [0.2, 0.25) is 17.7 Å². The molecule has 0 aliphatic carbocycles. The van der Waals surface area contributed by atoms with Crippen LogP contribution in [0.25, 0.3) is 22.3 Å². The lowest BCUT2D eigenvalue weighted by Crippen LogP contribution is -2.47. The molecule has 0 spiro atoms. The van der Waals surface area contributed by atoms with Crippen molar-refractivity contribution in [2.75, 3.05) is 31.8 Å². The zero-order valence-corrected chi connectivity index (χ0v) is 29.7. The molecule has 3 unspecified atom stereocenters. The second-order valence-corrected chi connectivity index (χ2v) is 16.5. The number of imidazole rings is 2. The lowest BCUT2D eigenvalue weighted by atomic mass is 10.1. The summed E-state index contributed by atoms with van der Waals surface area (Å²) in [5.74, 6) is -0.537. The number of H-pyrrole nitrogens is 2. The van der Waals surface area contributed by atoms with Gasteiger partial charge in [0, 0.05) is 7.11 Å². The van der Waals surface area contributed by atoms with Crippen molar-refractivity contribution in [1.82, 2.24) is 38.9 Å². The predicted molar refractivity (Wildman–Crippen MR) is 169 cm³/mol. The van der Waals surface area contributed by atoms with Crippen LogP contribution in [0.1, 0.15) is 12.5 Å². The van der Waals surface area contributed by atoms with Gasteiger partial charge in [0.05, 0.1) is 26.6 Å². The normalized spacial score (nSPS) is 29.7. The monoisotopic (exact) mass is 815 g/mol. The van der Waals surface area contributed by atoms with E-state index in [0.29, 0.717) is 0 Å². The summed E-state index contributed by atoms with van der Waals surface area (Å²) in [6.07, 6.45) is -9.69. The van der Waals surface area contributed by atoms with Crippen molar-refractivity contribution in [2.24, 2.45) is 7.05 Å². The quantitative estimate of drug-likeness (QED) is 0.0446. The van der Waals surface area contributed by atoms with Gasteiger partial charge in [-0.05, 0) is 0 Å². The molecule has 2 aliphatic heterocycles. The van der Waals surface area contributed by atoms with Gasteiger partial charge in [0.25, 0.3) is 24.9 Å². The molecule has 0 amide bonds. The Bertz CT molecular complexity index is 2300. The zero-order chi connectivity index (χ0) is 38.8. The molecule has 4 aromatic rings. The highest BCUT2D eigenvalue weighted by molar-refractivity contribution is 7.70. The van der Waals surface area contributed by atoms with Crippen LogP contribution in [-0.4, -0.2) is 116 Å². The molecule has 2 aliphatic rings. The van der Waals surface area contributed by atoms with Crippen LogP contribution < -0.4 is 36.9 Å². The summed E-state index contributed by atoms with van der Waals surface area (Å²) < 4.78 is 71.4. The maximum Gasteiger partial charge on any atom is 0.418 e. The maximum atomic E-state index is 12.6. The third kappa shape index (κ3) is 7.85. The standard InChI is InChI=1S/C22H32N11O17P3/c1-31-6-33(16-10(31)18(38)29-22(24)27-16)20-14(45-2)12(35)8(49-20)4-47-53(43,44)50-52(41,42)30-51(39,40)46-3-7-11(34)13(36)19(48-7)32-5-25-9-15(32)26-21(23)28-17(9)37/h5-8,11-14,19-20,34-36H,3-4H2,1-2H3,(H9-,23,24,26,27,28,29,30,37,38,39,40,41,42,43,44)/t7-,8-,11-,12-,13-,14-,19-,20-/m1/s1. The highest BCUT2D eigenvalue weighted by Crippen LogP contribution is 2.60. The van der Waals surface area contributed by atoms with Gasteiger partial charge in [-0.1, -0.05) is 4.98 Å². The Balaban J connectivity index is 1.06. The van der Waals surface area contributed by atoms with Crippen molar-refractivity contribution in [1.29, 1.82) is 0 Å². The number of hydrogen-bond donors (Lipinski definition) is 10. The van der Waals surface area contributed by atoms with E-state index in [4.69, 9.17) is 30.2 Å². The molecular weight excluding hydrogens is 783 g/mol. The summed E-state index contributed by atoms with van der Waals surface area (Å²) in [7, 11) is -14.4. The van der Waals surface area contributed by atoms with Gasteiger partial charge in [0.1, 0.15) is 36.6 Å². The molecule has 2 saturated heterocycles. The number of aromatic amines is 2. The molecule has 11 atom stereocenters. The van der Waals surface area contributed by atoms with Crippen LogP contribution in [-0.2, 0) is 48.3 Å². The van der Waals surface area contributed by atoms with E-state index in [0.717, 1.165) is 15.8 Å². The molecule has 0 radical (unpaired) electrons. The van der Waals surface area contributed by atoms with Crippen LogP contribution in [0, 0.1) is 0 Å². The number of aromatic nitrogens is 8. The number of phosphoric acid groups is 1. The van der Waals surface area contributed by atoms with E-state index in [9.17, 15) is 53.3 Å². The van der Waals surface area contributed by atoms with Gasteiger partial charge in [-0.2, -0.15) is 4.98 Å². The van der Waals surface area contributed by atoms with Crippen LogP contribution in [0.2, 0.25) is 0 Å². The number of anilines is 2. The number of hydrogen-bond acceptors (Lipinski definition) is 20. The number of nitrogen functional groups attached to an aromatic ring is 2. The summed E-state index contributed by atoms with van der Waals surface area (Å²) in [6.45, 7) is -2.07. The number of phosphoric ester groups is 1. The molecule has 28 nitrogen and oxygen atoms in total. The van der Waals surface area contributed by atoms with Crippen molar-refractivity contribution in [3.8, 4) is 0 Å². The second-order valence-electron chi connectivity index (χ2n) is 11.6. The molecule has 292 valence electrons. The first kappa shape index (κ1) is 39.2. The Labute approximate surface area is 293 Å². The van der Waals surface area contributed by atoms with Crippen LogP contribution >= 0.6 is 23.3 Å². The fourth-order valence-electron chi connectivity index (χ4n) is 5.72. The number of rotatable bonds is 13. The van der Waals surface area contributed by atoms with E-state index in [1.807, 2.05) is 0 Å². The molecule has 31 heteroatoms. The minimum atomic E-state index is -5.84. The average molecular weight is 815 g/mol. The van der Waals surface area contributed by atoms with Crippen LogP contribution in [0.3, 0.4) is 0 Å². The van der Waals surface area contributed by atoms with Crippen molar-refractivity contribution in [3.05, 3.63) is 33.4 Å². The highest BCUT2D eigenvalue weighted by atomic mass is 31.3. The molecule has 6 rings (SSSR count). The number of nitrogens with zero attached hydrogens (tertiary/aromatic N) is 6. The fourth-order valence-corrected chi connectivity index (χ4v) is 9.66. The third-order valence-corrected chi connectivity index (χ3v) is 12.7. The lowest BCUT2D eigenvalue weighted by molar-refractivity contribution is -0.746. The van der Waals surface area contributed by atoms with Gasteiger partial charge in [0.15, 0.2) is 23.7 Å². The smallest absolute Gasteiger partial charge is 0.418 e. The molecule has 0 bridgehead atoms. The van der Waals surface area contributed by atoms with Crippen LogP contribution in [0.4, 0.5) is 11.9 Å². The van der Waals surface area contributed by atoms with Gasteiger partial charge in [-0.15, -0.1) is 4.86 Å². The fraction of sp³-hybridized carbons (Fsp3) is 0.545. The predicted octanol–water partition coefficient (Wildman–Crippen LogP) is -4.95. The SMILES string of the molecule is CO[C@@H]1[C@H](O)[C@@H](COP(=O)([O-])OP(=O)(O)NP(=O)(O)OC[C@H]2O[C@@H](n3cnc4c(=O)[nH]c(N)nc43)[C@H](O)[C@@H]2O)O[C@H]1[n+]1cn(C)c2c(=O)[nH]c(N)nc21. The van der Waals surface area contributed by atoms with Crippen molar-refractivity contribution < 1.29 is 75.8 Å². The van der Waals surface area contributed by atoms with E-state index in [-0.39, 0.29) is 34.2 Å². The van der Waals surface area contributed by atoms with Crippen LogP contribution in [0.15, 0.2) is 22.2 Å². The van der Waals surface area contributed by atoms with E-state index in [1.165, 1.54) is 29.6 Å². The molecule has 0 aromatic carbocycles. The Hall–Kier alpha value is -3.53. The number of methoxy groups -OCH3 is 1. The number of fused-ring (bicyclic) bond motifs is 2. The molecule has 6 heterocycles. The Morgan fingerprint density at radius 3 is 2.32 bits per heavy atom. The Kier molecular flexibility index (Phi) is 10.6. The second kappa shape index (κ2) is 14.3. The lowest BCUT2D eigenvalue weighted by Gasteiger charge is -2.27. The van der Waals surface area contributed by atoms with E-state index >= 15 is 0 Å². The molecular formula is C22H32N11O17P3. The first-order valence-corrected chi connectivity index (χ1v) is 19.4. The molecule has 4 aromatic heterocycles. The van der Waals surface area contributed by atoms with Gasteiger partial charge in [-0.3, -0.25) is 37.8 Å². The zero-order valence-electron chi connectivity index (χ0n) is 27.0. The number of ether oxygens (including phenoxy) is 3. The van der Waals surface area contributed by atoms with E-state index in [1.54, 1.807) is 0 Å². The first-order valence-electron chi connectivity index (χ1n) is 14.8. The van der Waals surface area contributed by atoms with E-state index < -0.39 is 96.7 Å². The largest absolute Gasteiger partial charge is 0.756 e. The summed E-state index contributed by atoms with van der Waals surface area (Å²) in [6, 6.07) is 0. The minimum Gasteiger partial charge on any atom is -0.756 e. The Morgan fingerprint density at radius 1 is 0.981 bits per heavy atom. The number of aryl methyl sites for hydroxylation is 1. The van der Waals surface area contributed by atoms with E-state index in [2.05, 4.69) is 33.8 Å². The highest BCUT2D eigenvalue weighted by Gasteiger charge is 2.49. The number of nitrogens with one attached hydrogen (secondary N) is 3. The van der Waals surface area contributed by atoms with Crippen LogP contribution in [0.5, 0.6) is 0 Å². The van der Waals surface area contributed by atoms with Crippen molar-refractivity contribution >= 4 is 57.5 Å². The topological polar surface area (TPSA) is 413 Å². The van der Waals surface area contributed by atoms with Crippen molar-refractivity contribution in [2.45, 2.75) is 49.1 Å². The molecule has 53 heavy (non-hydrogen) atoms. The number of aliphatic hydroxyl groups is 3. The molecule has 12 N–H and O–H groups in total. The summed E-state index contributed by atoms with van der Waals surface area (Å²) in [4.78, 5) is 74.7. The maximum absolute atomic E-state index is 12.6. The van der Waals surface area contributed by atoms with Gasteiger partial charge < -0.3 is 60.2 Å². The summed E-state index contributed by atoms with van der Waals surface area (Å²) >= 11 is 0. The first-order chi connectivity index (χ1) is 24.7. The number of aliphatic hydroxyl groups excluding tert-OH is 3. The van der Waals surface area contributed by atoms with Gasteiger partial charge >= 0.3 is 21.1 Å². The third-order valence-electron chi connectivity index (χ3n) is 7.98. The Morgan fingerprint density at radius 2 is 1.62 bits per heavy atom. The van der Waals surface area contributed by atoms with Gasteiger partial charge in [-0.25, -0.2) is 23.0 Å². The summed E-state index contributed by atoms with van der Waals surface area (Å²) in [5.41, 5.74) is 9.67. The van der Waals surface area contributed by atoms with Crippen molar-refractivity contribution in [3.63, 3.8) is 0 Å². The minimum absolute atomic E-state index is 0.0212. The number of nitrogens with two attached hydrogens (primary N) is 2. The molecule has 2 fully saturated rings. The molecule has 0 saturated carbocycles.